The molecule has 2 amide bonds. The second kappa shape index (κ2) is 11.5. The fourth-order valence-corrected chi connectivity index (χ4v) is 5.35. The number of piperazine rings is 1. The minimum absolute atomic E-state index is 0.0592. The number of carboxylic acids is 1. The summed E-state index contributed by atoms with van der Waals surface area (Å²) >= 11 is 0. The fraction of sp³-hybridized carbons (Fsp3) is 0.379. The van der Waals surface area contributed by atoms with Crippen LogP contribution in [0.15, 0.2) is 42.6 Å². The largest absolute Gasteiger partial charge is 0.478 e. The number of urea groups is 1. The van der Waals surface area contributed by atoms with Crippen molar-refractivity contribution in [2.45, 2.75) is 26.8 Å². The van der Waals surface area contributed by atoms with E-state index in [9.17, 15) is 19.8 Å². The van der Waals surface area contributed by atoms with Crippen LogP contribution in [-0.2, 0) is 6.54 Å². The van der Waals surface area contributed by atoms with E-state index in [2.05, 4.69) is 32.1 Å². The van der Waals surface area contributed by atoms with Crippen LogP contribution in [0, 0.1) is 13.8 Å². The number of aryl methyl sites for hydroxylation is 2. The van der Waals surface area contributed by atoms with Gasteiger partial charge < -0.3 is 25.3 Å². The molecule has 0 atom stereocenters. The summed E-state index contributed by atoms with van der Waals surface area (Å²) < 4.78 is 0. The highest BCUT2D eigenvalue weighted by molar-refractivity contribution is 6.06. The molecule has 11 heteroatoms. The van der Waals surface area contributed by atoms with Crippen molar-refractivity contribution in [3.05, 3.63) is 64.8 Å². The van der Waals surface area contributed by atoms with Crippen molar-refractivity contribution in [3.63, 3.8) is 0 Å². The lowest BCUT2D eigenvalue weighted by atomic mass is 10.1. The van der Waals surface area contributed by atoms with Crippen LogP contribution in [0.4, 0.5) is 33.6 Å². The van der Waals surface area contributed by atoms with E-state index in [1.807, 2.05) is 44.2 Å². The van der Waals surface area contributed by atoms with Gasteiger partial charge in [0.25, 0.3) is 0 Å². The van der Waals surface area contributed by atoms with Crippen molar-refractivity contribution < 1.29 is 19.8 Å². The summed E-state index contributed by atoms with van der Waals surface area (Å²) in [4.78, 5) is 42.6. The Morgan fingerprint density at radius 2 is 1.80 bits per heavy atom. The molecule has 1 saturated heterocycles. The average Bonchev–Trinajstić information content (AvgIpc) is 2.93. The minimum atomic E-state index is -1.00. The van der Waals surface area contributed by atoms with Gasteiger partial charge in [0, 0.05) is 56.8 Å². The zero-order valence-corrected chi connectivity index (χ0v) is 23.1. The van der Waals surface area contributed by atoms with E-state index in [0.717, 1.165) is 48.6 Å². The maximum atomic E-state index is 13.7. The highest BCUT2D eigenvalue weighted by atomic mass is 16.4. The maximum Gasteiger partial charge on any atom is 0.337 e. The molecule has 3 N–H and O–H groups in total. The number of anilines is 5. The van der Waals surface area contributed by atoms with Crippen LogP contribution >= 0.6 is 0 Å². The monoisotopic (exact) mass is 545 g/mol. The number of aliphatic hydroxyl groups excluding tert-OH is 1. The zero-order valence-electron chi connectivity index (χ0n) is 23.1. The number of carbonyl (C=O) groups excluding carboxylic acids is 1. The van der Waals surface area contributed by atoms with Gasteiger partial charge in [0.2, 0.25) is 5.95 Å². The first-order valence-electron chi connectivity index (χ1n) is 13.5. The maximum absolute atomic E-state index is 13.7. The molecule has 0 aliphatic carbocycles. The number of carbonyl (C=O) groups is 2. The molecule has 3 heterocycles. The van der Waals surface area contributed by atoms with Gasteiger partial charge in [0.1, 0.15) is 5.82 Å². The summed E-state index contributed by atoms with van der Waals surface area (Å²) in [6.07, 6.45) is 2.09. The molecule has 3 aromatic rings. The van der Waals surface area contributed by atoms with Crippen molar-refractivity contribution in [3.8, 4) is 0 Å². The van der Waals surface area contributed by atoms with E-state index in [1.54, 1.807) is 22.1 Å². The third kappa shape index (κ3) is 5.43. The molecule has 0 saturated carbocycles. The van der Waals surface area contributed by atoms with Gasteiger partial charge in [-0.2, -0.15) is 4.98 Å². The van der Waals surface area contributed by atoms with Crippen LogP contribution in [0.3, 0.4) is 0 Å². The van der Waals surface area contributed by atoms with Gasteiger partial charge in [-0.05, 0) is 56.6 Å². The number of aromatic carboxylic acids is 1. The Balaban J connectivity index is 1.44. The summed E-state index contributed by atoms with van der Waals surface area (Å²) in [5.74, 6) is -0.271. The lowest BCUT2D eigenvalue weighted by Gasteiger charge is -2.37. The SMILES string of the molecule is Cc1cccc(C)c1N1Cc2cnc(Nc3ccc(N4CCN(C)CC4)c(C(=O)O)c3)nc2N(CCCO)C1=O. The third-order valence-electron chi connectivity index (χ3n) is 7.46. The molecule has 0 unspecified atom stereocenters. The van der Waals surface area contributed by atoms with Gasteiger partial charge in [-0.25, -0.2) is 14.6 Å². The van der Waals surface area contributed by atoms with Gasteiger partial charge in [0.15, 0.2) is 0 Å². The lowest BCUT2D eigenvalue weighted by molar-refractivity contribution is 0.0697. The highest BCUT2D eigenvalue weighted by Gasteiger charge is 2.34. The summed E-state index contributed by atoms with van der Waals surface area (Å²) in [6.45, 7) is 7.77. The van der Waals surface area contributed by atoms with Gasteiger partial charge >= 0.3 is 12.0 Å². The van der Waals surface area contributed by atoms with Crippen molar-refractivity contribution in [1.82, 2.24) is 14.9 Å². The molecular weight excluding hydrogens is 510 g/mol. The van der Waals surface area contributed by atoms with Crippen LogP contribution in [0.2, 0.25) is 0 Å². The molecule has 1 fully saturated rings. The second-order valence-electron chi connectivity index (χ2n) is 10.3. The first kappa shape index (κ1) is 27.4. The van der Waals surface area contributed by atoms with Crippen LogP contribution in [-0.4, -0.2) is 83.5 Å². The molecule has 2 aromatic carbocycles. The minimum Gasteiger partial charge on any atom is -0.478 e. The number of rotatable bonds is 8. The lowest BCUT2D eigenvalue weighted by Crippen LogP contribution is -2.49. The Kier molecular flexibility index (Phi) is 7.85. The van der Waals surface area contributed by atoms with Crippen molar-refractivity contribution >= 4 is 40.8 Å². The number of hydrogen-bond donors (Lipinski definition) is 3. The number of carboxylic acid groups (broad SMARTS) is 1. The average molecular weight is 546 g/mol. The third-order valence-corrected chi connectivity index (χ3v) is 7.46. The molecule has 1 aromatic heterocycles. The standard InChI is InChI=1S/C29H35N7O4/c1-19-6-4-7-20(2)25(19)36-18-21-17-30-28(32-26(21)35(29(36)40)10-5-15-37)31-22-8-9-24(23(16-22)27(38)39)34-13-11-33(3)12-14-34/h4,6-9,16-17,37H,5,10-15,18H2,1-3H3,(H,38,39)(H,30,31,32). The summed E-state index contributed by atoms with van der Waals surface area (Å²) in [6, 6.07) is 10.9. The first-order valence-corrected chi connectivity index (χ1v) is 13.5. The van der Waals surface area contributed by atoms with E-state index in [0.29, 0.717) is 36.7 Å². The van der Waals surface area contributed by atoms with Crippen LogP contribution in [0.1, 0.15) is 33.5 Å². The Hall–Kier alpha value is -4.22. The molecule has 2 aliphatic rings. The molecule has 11 nitrogen and oxygen atoms in total. The van der Waals surface area contributed by atoms with Crippen LogP contribution in [0.25, 0.3) is 0 Å². The number of benzene rings is 2. The molecule has 2 aliphatic heterocycles. The zero-order chi connectivity index (χ0) is 28.4. The normalized spacial score (nSPS) is 15.8. The number of aliphatic hydroxyl groups is 1. The van der Waals surface area contributed by atoms with Gasteiger partial charge in [0.05, 0.1) is 23.5 Å². The number of hydrogen-bond acceptors (Lipinski definition) is 8. The molecular formula is C29H35N7O4. The molecule has 0 spiro atoms. The van der Waals surface area contributed by atoms with E-state index in [-0.39, 0.29) is 24.1 Å². The summed E-state index contributed by atoms with van der Waals surface area (Å²) in [5.41, 5.74) is 5.05. The Morgan fingerprint density at radius 1 is 1.07 bits per heavy atom. The Bertz CT molecular complexity index is 1400. The predicted molar refractivity (Wildman–Crippen MR) is 155 cm³/mol. The molecule has 0 radical (unpaired) electrons. The van der Waals surface area contributed by atoms with Crippen molar-refractivity contribution in [2.75, 3.05) is 66.4 Å². The fourth-order valence-electron chi connectivity index (χ4n) is 5.35. The number of nitrogens with zero attached hydrogens (tertiary/aromatic N) is 6. The van der Waals surface area contributed by atoms with Crippen molar-refractivity contribution in [1.29, 1.82) is 0 Å². The number of likely N-dealkylation sites (N-methyl/N-ethyl adjacent to an activating group) is 1. The van der Waals surface area contributed by atoms with Gasteiger partial charge in [-0.3, -0.25) is 9.80 Å². The van der Waals surface area contributed by atoms with Crippen LogP contribution < -0.4 is 20.0 Å². The van der Waals surface area contributed by atoms with E-state index in [4.69, 9.17) is 0 Å². The Labute approximate surface area is 233 Å². The predicted octanol–water partition coefficient (Wildman–Crippen LogP) is 3.62. The summed E-state index contributed by atoms with van der Waals surface area (Å²) in [7, 11) is 2.06. The number of para-hydroxylation sites is 1. The van der Waals surface area contributed by atoms with Gasteiger partial charge in [-0.15, -0.1) is 0 Å². The molecule has 210 valence electrons. The van der Waals surface area contributed by atoms with E-state index < -0.39 is 5.97 Å². The number of aromatic nitrogens is 2. The van der Waals surface area contributed by atoms with E-state index in [1.165, 1.54) is 0 Å². The first-order chi connectivity index (χ1) is 19.3. The topological polar surface area (TPSA) is 125 Å². The van der Waals surface area contributed by atoms with Gasteiger partial charge in [-0.1, -0.05) is 18.2 Å². The molecule has 0 bridgehead atoms. The van der Waals surface area contributed by atoms with E-state index >= 15 is 0 Å². The molecule has 40 heavy (non-hydrogen) atoms. The smallest absolute Gasteiger partial charge is 0.337 e. The van der Waals surface area contributed by atoms with Crippen LogP contribution in [0.5, 0.6) is 0 Å². The molecule has 5 rings (SSSR count). The number of amides is 2. The second-order valence-corrected chi connectivity index (χ2v) is 10.3. The highest BCUT2D eigenvalue weighted by Crippen LogP contribution is 2.35. The number of fused-ring (bicyclic) bond motifs is 1. The summed E-state index contributed by atoms with van der Waals surface area (Å²) in [5, 5.41) is 22.6. The quantitative estimate of drug-likeness (QED) is 0.389. The van der Waals surface area contributed by atoms with Crippen molar-refractivity contribution in [2.24, 2.45) is 0 Å². The Morgan fingerprint density at radius 3 is 2.48 bits per heavy atom. The number of nitrogens with one attached hydrogen (secondary N) is 1.